The molecule has 0 N–H and O–H groups in total. The van der Waals surface area contributed by atoms with Crippen molar-refractivity contribution in [1.82, 2.24) is 0 Å². The average molecular weight is 246 g/mol. The average Bonchev–Trinajstić information content (AvgIpc) is 2.34. The van der Waals surface area contributed by atoms with Crippen LogP contribution in [0.1, 0.15) is 0 Å². The minimum atomic E-state index is -0.273. The van der Waals surface area contributed by atoms with E-state index in [-0.39, 0.29) is 17.3 Å². The first-order chi connectivity index (χ1) is 8.20. The molecule has 3 nitrogen and oxygen atoms in total. The highest BCUT2D eigenvalue weighted by Crippen LogP contribution is 2.29. The van der Waals surface area contributed by atoms with Gasteiger partial charge in [0, 0.05) is 17.0 Å². The highest BCUT2D eigenvalue weighted by atomic mass is 32.2. The minimum Gasteiger partial charge on any atom is -0.493 e. The number of ketones is 2. The van der Waals surface area contributed by atoms with Gasteiger partial charge in [-0.05, 0) is 12.1 Å². The Morgan fingerprint density at radius 3 is 2.35 bits per heavy atom. The summed E-state index contributed by atoms with van der Waals surface area (Å²) in [5.41, 5.74) is 0. The second-order valence-electron chi connectivity index (χ2n) is 3.36. The summed E-state index contributed by atoms with van der Waals surface area (Å²) >= 11 is 1.28. The molecule has 1 aromatic rings. The molecule has 0 atom stereocenters. The highest BCUT2D eigenvalue weighted by molar-refractivity contribution is 8.04. The molecular weight excluding hydrogens is 236 g/mol. The molecule has 0 fully saturated rings. The van der Waals surface area contributed by atoms with Crippen molar-refractivity contribution >= 4 is 23.3 Å². The Hall–Kier alpha value is -1.81. The Morgan fingerprint density at radius 1 is 1.00 bits per heavy atom. The Kier molecular flexibility index (Phi) is 3.44. The fourth-order valence-electron chi connectivity index (χ4n) is 1.38. The van der Waals surface area contributed by atoms with Crippen molar-refractivity contribution in [3.63, 3.8) is 0 Å². The summed E-state index contributed by atoms with van der Waals surface area (Å²) in [6.45, 7) is 0. The number of allylic oxidation sites excluding steroid dienone is 3. The van der Waals surface area contributed by atoms with Crippen molar-refractivity contribution in [3.8, 4) is 0 Å². The second-order valence-corrected chi connectivity index (χ2v) is 4.48. The fraction of sp³-hybridized carbons (Fsp3) is 0.0769. The summed E-state index contributed by atoms with van der Waals surface area (Å²) in [6.07, 6.45) is 2.55. The van der Waals surface area contributed by atoms with Crippen LogP contribution in [0.25, 0.3) is 0 Å². The second kappa shape index (κ2) is 5.01. The van der Waals surface area contributed by atoms with Gasteiger partial charge in [-0.25, -0.2) is 0 Å². The Bertz CT molecular complexity index is 515. The molecular formula is C13H10O3S. The predicted molar refractivity (Wildman–Crippen MR) is 65.5 cm³/mol. The van der Waals surface area contributed by atoms with Crippen molar-refractivity contribution in [2.45, 2.75) is 4.90 Å². The van der Waals surface area contributed by atoms with Gasteiger partial charge in [-0.2, -0.15) is 0 Å². The van der Waals surface area contributed by atoms with Crippen LogP contribution >= 0.6 is 11.8 Å². The van der Waals surface area contributed by atoms with Gasteiger partial charge >= 0.3 is 0 Å². The van der Waals surface area contributed by atoms with Crippen LogP contribution in [0.3, 0.4) is 0 Å². The zero-order chi connectivity index (χ0) is 12.3. The third-order valence-electron chi connectivity index (χ3n) is 2.20. The maximum Gasteiger partial charge on any atom is 0.221 e. The van der Waals surface area contributed by atoms with Crippen molar-refractivity contribution in [2.24, 2.45) is 0 Å². The van der Waals surface area contributed by atoms with Crippen LogP contribution in [0.15, 0.2) is 58.0 Å². The van der Waals surface area contributed by atoms with Crippen molar-refractivity contribution in [3.05, 3.63) is 53.1 Å². The number of methoxy groups -OCH3 is 1. The zero-order valence-electron chi connectivity index (χ0n) is 9.17. The van der Waals surface area contributed by atoms with Crippen LogP contribution in [0, 0.1) is 0 Å². The van der Waals surface area contributed by atoms with Crippen molar-refractivity contribution in [2.75, 3.05) is 7.11 Å². The van der Waals surface area contributed by atoms with Crippen LogP contribution in [0.2, 0.25) is 0 Å². The molecule has 2 rings (SSSR count). The van der Waals surface area contributed by atoms with Gasteiger partial charge in [0.25, 0.3) is 0 Å². The molecule has 0 saturated carbocycles. The molecule has 17 heavy (non-hydrogen) atoms. The molecule has 1 aromatic carbocycles. The summed E-state index contributed by atoms with van der Waals surface area (Å²) in [7, 11) is 1.38. The number of thioether (sulfide) groups is 1. The molecule has 0 spiro atoms. The lowest BCUT2D eigenvalue weighted by molar-refractivity contribution is -0.117. The number of carbonyl (C=O) groups is 2. The number of ether oxygens (including phenoxy) is 1. The van der Waals surface area contributed by atoms with E-state index in [9.17, 15) is 9.59 Å². The van der Waals surface area contributed by atoms with Gasteiger partial charge in [0.1, 0.15) is 0 Å². The topological polar surface area (TPSA) is 43.4 Å². The fourth-order valence-corrected chi connectivity index (χ4v) is 2.25. The SMILES string of the molecule is COC1=CC(=O)C(Sc2ccccc2)=CC1=O. The number of hydrogen-bond donors (Lipinski definition) is 0. The molecule has 1 aliphatic carbocycles. The molecule has 0 amide bonds. The molecule has 0 saturated heterocycles. The number of carbonyl (C=O) groups excluding carboxylic acids is 2. The van der Waals surface area contributed by atoms with Crippen molar-refractivity contribution in [1.29, 1.82) is 0 Å². The van der Waals surface area contributed by atoms with Crippen LogP contribution in [-0.2, 0) is 14.3 Å². The van der Waals surface area contributed by atoms with E-state index >= 15 is 0 Å². The number of hydrogen-bond acceptors (Lipinski definition) is 4. The lowest BCUT2D eigenvalue weighted by Gasteiger charge is -2.10. The molecule has 0 aromatic heterocycles. The third-order valence-corrected chi connectivity index (χ3v) is 3.25. The van der Waals surface area contributed by atoms with Gasteiger partial charge in [-0.1, -0.05) is 30.0 Å². The molecule has 4 heteroatoms. The van der Waals surface area contributed by atoms with Crippen LogP contribution in [-0.4, -0.2) is 18.7 Å². The van der Waals surface area contributed by atoms with Crippen LogP contribution in [0.5, 0.6) is 0 Å². The summed E-state index contributed by atoms with van der Waals surface area (Å²) in [5.74, 6) is -0.381. The van der Waals surface area contributed by atoms with Gasteiger partial charge in [0.05, 0.1) is 12.0 Å². The molecule has 1 aliphatic rings. The van der Waals surface area contributed by atoms with Gasteiger partial charge in [-0.15, -0.1) is 0 Å². The monoisotopic (exact) mass is 246 g/mol. The lowest BCUT2D eigenvalue weighted by Crippen LogP contribution is -2.12. The summed E-state index contributed by atoms with van der Waals surface area (Å²) in [6, 6.07) is 9.44. The van der Waals surface area contributed by atoms with Gasteiger partial charge in [0.2, 0.25) is 5.78 Å². The Morgan fingerprint density at radius 2 is 1.71 bits per heavy atom. The summed E-state index contributed by atoms with van der Waals surface area (Å²) in [4.78, 5) is 24.6. The molecule has 0 heterocycles. The molecule has 0 radical (unpaired) electrons. The third kappa shape index (κ3) is 2.65. The van der Waals surface area contributed by atoms with E-state index in [2.05, 4.69) is 0 Å². The molecule has 0 unspecified atom stereocenters. The standard InChI is InChI=1S/C13H10O3S/c1-16-12-7-11(15)13(8-10(12)14)17-9-5-3-2-4-6-9/h2-8H,1H3. The maximum atomic E-state index is 11.7. The maximum absolute atomic E-state index is 11.7. The Labute approximate surface area is 103 Å². The predicted octanol–water partition coefficient (Wildman–Crippen LogP) is 2.34. The summed E-state index contributed by atoms with van der Waals surface area (Å²) < 4.78 is 4.81. The lowest BCUT2D eigenvalue weighted by atomic mass is 10.1. The van der Waals surface area contributed by atoms with E-state index in [4.69, 9.17) is 4.74 Å². The van der Waals surface area contributed by atoms with E-state index in [1.807, 2.05) is 30.3 Å². The van der Waals surface area contributed by atoms with Gasteiger partial charge in [0.15, 0.2) is 11.5 Å². The summed E-state index contributed by atoms with van der Waals surface area (Å²) in [5, 5.41) is 0. The van der Waals surface area contributed by atoms with E-state index in [1.54, 1.807) is 0 Å². The first-order valence-corrected chi connectivity index (χ1v) is 5.81. The van der Waals surface area contributed by atoms with E-state index < -0.39 is 0 Å². The minimum absolute atomic E-state index is 0.0902. The largest absolute Gasteiger partial charge is 0.493 e. The first-order valence-electron chi connectivity index (χ1n) is 4.99. The quantitative estimate of drug-likeness (QED) is 0.768. The van der Waals surface area contributed by atoms with Crippen LogP contribution in [0.4, 0.5) is 0 Å². The molecule has 0 bridgehead atoms. The van der Waals surface area contributed by atoms with Crippen molar-refractivity contribution < 1.29 is 14.3 Å². The van der Waals surface area contributed by atoms with E-state index in [0.717, 1.165) is 4.90 Å². The van der Waals surface area contributed by atoms with E-state index in [1.165, 1.54) is 31.0 Å². The highest BCUT2D eigenvalue weighted by Gasteiger charge is 2.21. The van der Waals surface area contributed by atoms with Gasteiger partial charge in [-0.3, -0.25) is 9.59 Å². The molecule has 86 valence electrons. The molecule has 0 aliphatic heterocycles. The number of rotatable bonds is 3. The normalized spacial score (nSPS) is 15.4. The first kappa shape index (κ1) is 11.7. The zero-order valence-corrected chi connectivity index (χ0v) is 9.99. The Balaban J connectivity index is 2.19. The number of benzene rings is 1. The van der Waals surface area contributed by atoms with Gasteiger partial charge < -0.3 is 4.74 Å². The smallest absolute Gasteiger partial charge is 0.221 e. The van der Waals surface area contributed by atoms with Crippen LogP contribution < -0.4 is 0 Å². The van der Waals surface area contributed by atoms with E-state index in [0.29, 0.717) is 4.91 Å².